The summed E-state index contributed by atoms with van der Waals surface area (Å²) in [6.07, 6.45) is 0. The highest BCUT2D eigenvalue weighted by atomic mass is 33.1. The smallest absolute Gasteiger partial charge is 0.321 e. The molecule has 0 amide bonds. The van der Waals surface area contributed by atoms with Crippen LogP contribution in [0.2, 0.25) is 0 Å². The van der Waals surface area contributed by atoms with E-state index in [2.05, 4.69) is 5.32 Å². The van der Waals surface area contributed by atoms with Crippen molar-refractivity contribution in [2.45, 2.75) is 45.8 Å². The van der Waals surface area contributed by atoms with Crippen LogP contribution in [-0.2, 0) is 9.59 Å². The molecule has 0 saturated carbocycles. The second-order valence-corrected chi connectivity index (χ2v) is 7.50. The molecule has 0 bridgehead atoms. The zero-order valence-corrected chi connectivity index (χ0v) is 13.5. The molecule has 0 aliphatic rings. The first-order valence-corrected chi connectivity index (χ1v) is 8.77. The largest absolute Gasteiger partial charge is 0.480 e. The first kappa shape index (κ1) is 18.8. The number of nitrogens with two attached hydrogens (primary N) is 1. The lowest BCUT2D eigenvalue weighted by Crippen LogP contribution is -2.44. The summed E-state index contributed by atoms with van der Waals surface area (Å²) in [5.74, 6) is 0.131. The highest BCUT2D eigenvalue weighted by Crippen LogP contribution is 2.23. The van der Waals surface area contributed by atoms with Gasteiger partial charge in [-0.3, -0.25) is 9.59 Å². The summed E-state index contributed by atoms with van der Waals surface area (Å²) in [6.45, 7) is 7.77. The van der Waals surface area contributed by atoms with Crippen LogP contribution in [0.4, 0.5) is 0 Å². The van der Waals surface area contributed by atoms with E-state index < -0.39 is 12.0 Å². The molecule has 5 nitrogen and oxygen atoms in total. The van der Waals surface area contributed by atoms with Gasteiger partial charge in [-0.1, -0.05) is 49.3 Å². The van der Waals surface area contributed by atoms with Gasteiger partial charge in [0.15, 0.2) is 5.78 Å². The van der Waals surface area contributed by atoms with Crippen molar-refractivity contribution in [1.82, 2.24) is 5.32 Å². The molecule has 0 radical (unpaired) electrons. The van der Waals surface area contributed by atoms with Crippen LogP contribution in [0.5, 0.6) is 0 Å². The van der Waals surface area contributed by atoms with Gasteiger partial charge >= 0.3 is 5.97 Å². The van der Waals surface area contributed by atoms with Crippen LogP contribution in [0, 0.1) is 5.92 Å². The minimum atomic E-state index is -0.997. The first-order valence-electron chi connectivity index (χ1n) is 6.28. The maximum absolute atomic E-state index is 12.0. The summed E-state index contributed by atoms with van der Waals surface area (Å²) >= 11 is 0. The molecule has 4 N–H and O–H groups in total. The van der Waals surface area contributed by atoms with Gasteiger partial charge in [0.25, 0.3) is 0 Å². The SMILES string of the molecule is CC(C)NC(CSSCC(N)C(=O)O)C(=O)C(C)C. The molecule has 0 aromatic heterocycles. The average Bonchev–Trinajstić information content (AvgIpc) is 2.30. The summed E-state index contributed by atoms with van der Waals surface area (Å²) in [7, 11) is 2.88. The molecule has 0 spiro atoms. The highest BCUT2D eigenvalue weighted by molar-refractivity contribution is 8.76. The molecule has 2 atom stereocenters. The fourth-order valence-electron chi connectivity index (χ4n) is 1.33. The second kappa shape index (κ2) is 9.63. The van der Waals surface area contributed by atoms with Crippen LogP contribution < -0.4 is 11.1 Å². The zero-order valence-electron chi connectivity index (χ0n) is 11.9. The number of hydrogen-bond acceptors (Lipinski definition) is 6. The number of carboxylic acids is 1. The lowest BCUT2D eigenvalue weighted by Gasteiger charge is -2.21. The van der Waals surface area contributed by atoms with Crippen LogP contribution in [0.1, 0.15) is 27.7 Å². The van der Waals surface area contributed by atoms with Gasteiger partial charge < -0.3 is 16.2 Å². The van der Waals surface area contributed by atoms with E-state index in [0.717, 1.165) is 0 Å². The molecule has 0 saturated heterocycles. The molecule has 0 aromatic rings. The van der Waals surface area contributed by atoms with Crippen LogP contribution >= 0.6 is 21.6 Å². The Balaban J connectivity index is 4.13. The Kier molecular flexibility index (Phi) is 9.51. The third-order valence-electron chi connectivity index (χ3n) is 2.33. The van der Waals surface area contributed by atoms with Crippen molar-refractivity contribution in [3.05, 3.63) is 0 Å². The fourth-order valence-corrected chi connectivity index (χ4v) is 3.63. The lowest BCUT2D eigenvalue weighted by molar-refractivity contribution is -0.137. The van der Waals surface area contributed by atoms with Gasteiger partial charge in [-0.25, -0.2) is 0 Å². The Morgan fingerprint density at radius 1 is 1.16 bits per heavy atom. The maximum atomic E-state index is 12.0. The predicted molar refractivity (Wildman–Crippen MR) is 82.4 cm³/mol. The average molecular weight is 308 g/mol. The number of nitrogens with one attached hydrogen (secondary N) is 1. The minimum Gasteiger partial charge on any atom is -0.480 e. The molecule has 7 heteroatoms. The van der Waals surface area contributed by atoms with Gasteiger partial charge in [0.1, 0.15) is 6.04 Å². The van der Waals surface area contributed by atoms with Crippen molar-refractivity contribution in [3.63, 3.8) is 0 Å². The molecule has 0 rings (SSSR count). The third-order valence-corrected chi connectivity index (χ3v) is 4.78. The molecule has 2 unspecified atom stereocenters. The normalized spacial score (nSPS) is 14.7. The van der Waals surface area contributed by atoms with E-state index in [0.29, 0.717) is 11.5 Å². The minimum absolute atomic E-state index is 0.0110. The van der Waals surface area contributed by atoms with Crippen LogP contribution in [0.15, 0.2) is 0 Å². The van der Waals surface area contributed by atoms with Crippen LogP contribution in [-0.4, -0.2) is 46.5 Å². The Morgan fingerprint density at radius 3 is 2.11 bits per heavy atom. The number of aliphatic carboxylic acids is 1. The van der Waals surface area contributed by atoms with E-state index in [-0.39, 0.29) is 23.8 Å². The van der Waals surface area contributed by atoms with Crippen LogP contribution in [0.25, 0.3) is 0 Å². The number of carboxylic acid groups (broad SMARTS) is 1. The topological polar surface area (TPSA) is 92.4 Å². The third kappa shape index (κ3) is 8.52. The molecule has 0 fully saturated rings. The van der Waals surface area contributed by atoms with E-state index in [4.69, 9.17) is 10.8 Å². The Labute approximate surface area is 122 Å². The van der Waals surface area contributed by atoms with Gasteiger partial charge in [-0.2, -0.15) is 0 Å². The maximum Gasteiger partial charge on any atom is 0.321 e. The molecular formula is C12H24N2O3S2. The summed E-state index contributed by atoms with van der Waals surface area (Å²) in [4.78, 5) is 22.6. The van der Waals surface area contributed by atoms with Crippen molar-refractivity contribution < 1.29 is 14.7 Å². The fraction of sp³-hybridized carbons (Fsp3) is 0.833. The molecule has 0 heterocycles. The van der Waals surface area contributed by atoms with E-state index >= 15 is 0 Å². The van der Waals surface area contributed by atoms with Crippen molar-refractivity contribution in [2.24, 2.45) is 11.7 Å². The van der Waals surface area contributed by atoms with Gasteiger partial charge in [0.05, 0.1) is 6.04 Å². The second-order valence-electron chi connectivity index (χ2n) is 4.94. The monoisotopic (exact) mass is 308 g/mol. The van der Waals surface area contributed by atoms with Crippen molar-refractivity contribution >= 4 is 33.3 Å². The van der Waals surface area contributed by atoms with E-state index in [1.165, 1.54) is 21.6 Å². The summed E-state index contributed by atoms with van der Waals surface area (Å²) in [5, 5.41) is 11.9. The van der Waals surface area contributed by atoms with E-state index in [9.17, 15) is 9.59 Å². The molecule has 112 valence electrons. The Bertz CT molecular complexity index is 299. The number of ketones is 1. The Morgan fingerprint density at radius 2 is 1.68 bits per heavy atom. The first-order chi connectivity index (χ1) is 8.75. The molecular weight excluding hydrogens is 284 g/mol. The quantitative estimate of drug-likeness (QED) is 0.414. The number of rotatable bonds is 10. The van der Waals surface area contributed by atoms with Gasteiger partial charge in [-0.15, -0.1) is 0 Å². The predicted octanol–water partition coefficient (Wildman–Crippen LogP) is 1.37. The van der Waals surface area contributed by atoms with Crippen LogP contribution in [0.3, 0.4) is 0 Å². The standard InChI is InChI=1S/C12H24N2O3S2/c1-7(2)11(15)10(14-8(3)4)6-19-18-5-9(13)12(16)17/h7-10,14H,5-6,13H2,1-4H3,(H,16,17). The highest BCUT2D eigenvalue weighted by Gasteiger charge is 2.22. The Hall–Kier alpha value is -0.240. The lowest BCUT2D eigenvalue weighted by atomic mass is 10.0. The number of Topliss-reactive ketones (excluding diaryl/α,β-unsaturated/α-hetero) is 1. The molecule has 19 heavy (non-hydrogen) atoms. The van der Waals surface area contributed by atoms with Gasteiger partial charge in [0, 0.05) is 23.5 Å². The van der Waals surface area contributed by atoms with E-state index in [1.807, 2.05) is 27.7 Å². The molecule has 0 aliphatic heterocycles. The number of hydrogen-bond donors (Lipinski definition) is 3. The summed E-state index contributed by atoms with van der Waals surface area (Å²) < 4.78 is 0. The number of carbonyl (C=O) groups is 2. The van der Waals surface area contributed by atoms with Crippen molar-refractivity contribution in [3.8, 4) is 0 Å². The van der Waals surface area contributed by atoms with Gasteiger partial charge in [0.2, 0.25) is 0 Å². The summed E-state index contributed by atoms with van der Waals surface area (Å²) in [6, 6.07) is -0.812. The zero-order chi connectivity index (χ0) is 15.0. The van der Waals surface area contributed by atoms with Crippen molar-refractivity contribution in [2.75, 3.05) is 11.5 Å². The van der Waals surface area contributed by atoms with Gasteiger partial charge in [-0.05, 0) is 0 Å². The summed E-state index contributed by atoms with van der Waals surface area (Å²) in [5.41, 5.74) is 5.41. The molecule has 0 aliphatic carbocycles. The molecule has 0 aromatic carbocycles. The van der Waals surface area contributed by atoms with Crippen molar-refractivity contribution in [1.29, 1.82) is 0 Å². The number of carbonyl (C=O) groups excluding carboxylic acids is 1. The van der Waals surface area contributed by atoms with E-state index in [1.54, 1.807) is 0 Å².